The van der Waals surface area contributed by atoms with Crippen molar-refractivity contribution in [2.45, 2.75) is 39.2 Å². The van der Waals surface area contributed by atoms with Crippen LogP contribution < -0.4 is 5.32 Å². The summed E-state index contributed by atoms with van der Waals surface area (Å²) in [6, 6.07) is 8.91. The van der Waals surface area contributed by atoms with Crippen LogP contribution in [-0.4, -0.2) is 31.6 Å². The fourth-order valence-corrected chi connectivity index (χ4v) is 2.90. The van der Waals surface area contributed by atoms with Gasteiger partial charge in [-0.1, -0.05) is 29.8 Å². The van der Waals surface area contributed by atoms with Crippen LogP contribution in [0, 0.1) is 12.8 Å². The van der Waals surface area contributed by atoms with E-state index in [1.807, 2.05) is 0 Å². The Bertz CT molecular complexity index is 352. The van der Waals surface area contributed by atoms with Crippen LogP contribution in [0.4, 0.5) is 0 Å². The summed E-state index contributed by atoms with van der Waals surface area (Å²) in [6.07, 6.45) is 5.50. The Morgan fingerprint density at radius 1 is 1.16 bits per heavy atom. The molecule has 1 aromatic carbocycles. The first-order valence-electron chi connectivity index (χ1n) is 7.69. The van der Waals surface area contributed by atoms with E-state index in [0.717, 1.165) is 12.5 Å². The quantitative estimate of drug-likeness (QED) is 0.845. The van der Waals surface area contributed by atoms with Crippen molar-refractivity contribution < 1.29 is 0 Å². The maximum absolute atomic E-state index is 3.44. The molecule has 0 atom stereocenters. The molecule has 1 aromatic rings. The lowest BCUT2D eigenvalue weighted by atomic mass is 9.93. The van der Waals surface area contributed by atoms with Crippen molar-refractivity contribution in [3.8, 4) is 0 Å². The van der Waals surface area contributed by atoms with E-state index in [0.29, 0.717) is 0 Å². The Kier molecular flexibility index (Phi) is 5.87. The van der Waals surface area contributed by atoms with Crippen LogP contribution in [0.2, 0.25) is 0 Å². The molecule has 0 unspecified atom stereocenters. The van der Waals surface area contributed by atoms with Crippen LogP contribution >= 0.6 is 0 Å². The topological polar surface area (TPSA) is 15.3 Å². The maximum Gasteiger partial charge on any atom is 0.0230 e. The Balaban J connectivity index is 1.63. The molecule has 1 heterocycles. The van der Waals surface area contributed by atoms with Crippen molar-refractivity contribution in [2.24, 2.45) is 5.92 Å². The normalized spacial score (nSPS) is 17.0. The molecule has 2 nitrogen and oxygen atoms in total. The molecule has 1 N–H and O–H groups in total. The largest absolute Gasteiger partial charge is 0.317 e. The van der Waals surface area contributed by atoms with Crippen molar-refractivity contribution in [3.63, 3.8) is 0 Å². The first-order valence-corrected chi connectivity index (χ1v) is 7.69. The number of hydrogen-bond acceptors (Lipinski definition) is 2. The highest BCUT2D eigenvalue weighted by Crippen LogP contribution is 2.18. The zero-order valence-corrected chi connectivity index (χ0v) is 12.5. The Morgan fingerprint density at radius 2 is 1.84 bits per heavy atom. The van der Waals surface area contributed by atoms with Crippen molar-refractivity contribution >= 4 is 0 Å². The summed E-state index contributed by atoms with van der Waals surface area (Å²) in [5.41, 5.74) is 2.77. The van der Waals surface area contributed by atoms with Gasteiger partial charge in [0.05, 0.1) is 0 Å². The van der Waals surface area contributed by atoms with Crippen molar-refractivity contribution in [1.29, 1.82) is 0 Å². The third-order valence-electron chi connectivity index (χ3n) is 4.18. The van der Waals surface area contributed by atoms with Crippen LogP contribution in [-0.2, 0) is 6.54 Å². The van der Waals surface area contributed by atoms with Crippen molar-refractivity contribution in [2.75, 3.05) is 26.7 Å². The van der Waals surface area contributed by atoms with E-state index in [1.54, 1.807) is 0 Å². The van der Waals surface area contributed by atoms with E-state index >= 15 is 0 Å². The Labute approximate surface area is 118 Å². The summed E-state index contributed by atoms with van der Waals surface area (Å²) in [5.74, 6) is 0.967. The molecule has 1 saturated heterocycles. The number of hydrogen-bond donors (Lipinski definition) is 1. The van der Waals surface area contributed by atoms with E-state index in [1.165, 1.54) is 56.4 Å². The molecule has 2 heteroatoms. The molecule has 0 bridgehead atoms. The zero-order valence-electron chi connectivity index (χ0n) is 12.5. The summed E-state index contributed by atoms with van der Waals surface area (Å²) >= 11 is 0. The molecule has 0 aliphatic carbocycles. The third-order valence-corrected chi connectivity index (χ3v) is 4.18. The molecule has 2 rings (SSSR count). The number of benzene rings is 1. The number of piperidine rings is 1. The highest BCUT2D eigenvalue weighted by Gasteiger charge is 2.12. The van der Waals surface area contributed by atoms with Gasteiger partial charge in [-0.25, -0.2) is 0 Å². The second-order valence-electron chi connectivity index (χ2n) is 6.06. The molecule has 1 aliphatic rings. The molecular formula is C17H28N2. The summed E-state index contributed by atoms with van der Waals surface area (Å²) in [5, 5.41) is 3.44. The molecule has 1 aliphatic heterocycles. The number of rotatable bonds is 6. The highest BCUT2D eigenvalue weighted by atomic mass is 15.1. The van der Waals surface area contributed by atoms with E-state index in [-0.39, 0.29) is 0 Å². The first-order chi connectivity index (χ1) is 9.24. The van der Waals surface area contributed by atoms with E-state index in [4.69, 9.17) is 0 Å². The van der Waals surface area contributed by atoms with Crippen LogP contribution in [0.25, 0.3) is 0 Å². The minimum absolute atomic E-state index is 0.967. The number of nitrogens with zero attached hydrogens (tertiary/aromatic N) is 1. The molecule has 0 radical (unpaired) electrons. The Morgan fingerprint density at radius 3 is 2.53 bits per heavy atom. The highest BCUT2D eigenvalue weighted by molar-refractivity contribution is 5.21. The molecule has 0 aromatic heterocycles. The van der Waals surface area contributed by atoms with Crippen LogP contribution in [0.3, 0.4) is 0 Å². The van der Waals surface area contributed by atoms with E-state index in [2.05, 4.69) is 48.5 Å². The predicted octanol–water partition coefficient (Wildman–Crippen LogP) is 3.21. The maximum atomic E-state index is 3.44. The standard InChI is InChI=1S/C17H28N2/c1-15-5-7-17(8-6-15)14-19(2)13-3-4-16-9-11-18-12-10-16/h5-8,16,18H,3-4,9-14H2,1-2H3. The van der Waals surface area contributed by atoms with Gasteiger partial charge in [0.2, 0.25) is 0 Å². The smallest absolute Gasteiger partial charge is 0.0230 e. The van der Waals surface area contributed by atoms with Crippen LogP contribution in [0.15, 0.2) is 24.3 Å². The average Bonchev–Trinajstić information content (AvgIpc) is 2.43. The molecule has 0 saturated carbocycles. The second kappa shape index (κ2) is 7.66. The summed E-state index contributed by atoms with van der Waals surface area (Å²) in [7, 11) is 2.24. The zero-order chi connectivity index (χ0) is 13.5. The van der Waals surface area contributed by atoms with Gasteiger partial charge in [0.1, 0.15) is 0 Å². The summed E-state index contributed by atoms with van der Waals surface area (Å²) in [4.78, 5) is 2.45. The number of aryl methyl sites for hydroxylation is 1. The van der Waals surface area contributed by atoms with Gasteiger partial charge in [0.25, 0.3) is 0 Å². The van der Waals surface area contributed by atoms with Crippen molar-refractivity contribution in [3.05, 3.63) is 35.4 Å². The lowest BCUT2D eigenvalue weighted by Crippen LogP contribution is -2.28. The molecule has 106 valence electrons. The summed E-state index contributed by atoms with van der Waals surface area (Å²) < 4.78 is 0. The molecule has 19 heavy (non-hydrogen) atoms. The minimum Gasteiger partial charge on any atom is -0.317 e. The fraction of sp³-hybridized carbons (Fsp3) is 0.647. The average molecular weight is 260 g/mol. The minimum atomic E-state index is 0.967. The van der Waals surface area contributed by atoms with Gasteiger partial charge in [-0.15, -0.1) is 0 Å². The monoisotopic (exact) mass is 260 g/mol. The van der Waals surface area contributed by atoms with Gasteiger partial charge in [-0.2, -0.15) is 0 Å². The molecule has 0 spiro atoms. The predicted molar refractivity (Wildman–Crippen MR) is 82.3 cm³/mol. The van der Waals surface area contributed by atoms with Gasteiger partial charge >= 0.3 is 0 Å². The van der Waals surface area contributed by atoms with Crippen molar-refractivity contribution in [1.82, 2.24) is 10.2 Å². The number of nitrogens with one attached hydrogen (secondary N) is 1. The van der Waals surface area contributed by atoms with Crippen LogP contribution in [0.1, 0.15) is 36.8 Å². The first kappa shape index (κ1) is 14.5. The van der Waals surface area contributed by atoms with E-state index in [9.17, 15) is 0 Å². The lowest BCUT2D eigenvalue weighted by molar-refractivity contribution is 0.286. The van der Waals surface area contributed by atoms with Gasteiger partial charge in [0.15, 0.2) is 0 Å². The van der Waals surface area contributed by atoms with Crippen LogP contribution in [0.5, 0.6) is 0 Å². The lowest BCUT2D eigenvalue weighted by Gasteiger charge is -2.24. The van der Waals surface area contributed by atoms with Gasteiger partial charge in [-0.05, 0) is 70.8 Å². The van der Waals surface area contributed by atoms with Gasteiger partial charge in [0, 0.05) is 6.54 Å². The molecule has 1 fully saturated rings. The second-order valence-corrected chi connectivity index (χ2v) is 6.06. The fourth-order valence-electron chi connectivity index (χ4n) is 2.90. The van der Waals surface area contributed by atoms with E-state index < -0.39 is 0 Å². The SMILES string of the molecule is Cc1ccc(CN(C)CCCC2CCNCC2)cc1. The molecule has 0 amide bonds. The Hall–Kier alpha value is -0.860. The summed E-state index contributed by atoms with van der Waals surface area (Å²) in [6.45, 7) is 6.89. The van der Waals surface area contributed by atoms with Gasteiger partial charge in [-0.3, -0.25) is 0 Å². The third kappa shape index (κ3) is 5.33. The van der Waals surface area contributed by atoms with Gasteiger partial charge < -0.3 is 10.2 Å². The molecular weight excluding hydrogens is 232 g/mol.